The van der Waals surface area contributed by atoms with E-state index in [-0.39, 0.29) is 24.0 Å². The average Bonchev–Trinajstić information content (AvgIpc) is 2.83. The zero-order chi connectivity index (χ0) is 18.0. The molecule has 0 N–H and O–H groups in total. The Morgan fingerprint density at radius 2 is 1.96 bits per heavy atom. The maximum atomic E-state index is 12.7. The van der Waals surface area contributed by atoms with Gasteiger partial charge in [0.05, 0.1) is 17.8 Å². The average molecular weight is 356 g/mol. The van der Waals surface area contributed by atoms with E-state index < -0.39 is 23.6 Å². The molecule has 3 heterocycles. The van der Waals surface area contributed by atoms with E-state index in [9.17, 15) is 22.8 Å². The van der Waals surface area contributed by atoms with Gasteiger partial charge in [-0.2, -0.15) is 13.2 Å². The first kappa shape index (κ1) is 17.4. The van der Waals surface area contributed by atoms with Crippen LogP contribution in [0, 0.1) is 5.92 Å². The number of alkyl halides is 3. The lowest BCUT2D eigenvalue weighted by Gasteiger charge is -2.25. The van der Waals surface area contributed by atoms with Crippen molar-refractivity contribution in [3.05, 3.63) is 35.9 Å². The van der Waals surface area contributed by atoms with E-state index in [4.69, 9.17) is 9.47 Å². The number of aromatic nitrogens is 1. The van der Waals surface area contributed by atoms with E-state index in [1.54, 1.807) is 0 Å². The summed E-state index contributed by atoms with van der Waals surface area (Å²) in [5.74, 6) is -1.61. The zero-order valence-electron chi connectivity index (χ0n) is 13.1. The predicted molar refractivity (Wildman–Crippen MR) is 78.2 cm³/mol. The van der Waals surface area contributed by atoms with Crippen LogP contribution in [0.1, 0.15) is 18.4 Å². The summed E-state index contributed by atoms with van der Waals surface area (Å²) >= 11 is 0. The van der Waals surface area contributed by atoms with Crippen LogP contribution in [0.4, 0.5) is 13.2 Å². The molecule has 2 aliphatic rings. The van der Waals surface area contributed by atoms with E-state index in [1.165, 1.54) is 0 Å². The summed E-state index contributed by atoms with van der Waals surface area (Å²) in [6.45, 7) is 1.40. The van der Waals surface area contributed by atoms with Crippen molar-refractivity contribution in [2.75, 3.05) is 19.8 Å². The van der Waals surface area contributed by atoms with Crippen LogP contribution in [0.25, 0.3) is 0 Å². The Balaban J connectivity index is 1.68. The number of hydrogen-bond donors (Lipinski definition) is 0. The van der Waals surface area contributed by atoms with Crippen molar-refractivity contribution in [2.24, 2.45) is 5.92 Å². The SMILES string of the molecule is O=C1C=C(Oc2cncc(C(F)(F)F)c2)C(=O)N1CC1CCOCC1. The summed E-state index contributed by atoms with van der Waals surface area (Å²) in [7, 11) is 0. The predicted octanol–water partition coefficient (Wildman–Crippen LogP) is 2.16. The molecule has 0 unspecified atom stereocenters. The van der Waals surface area contributed by atoms with Crippen LogP contribution in [-0.4, -0.2) is 41.5 Å². The Hall–Kier alpha value is -2.42. The van der Waals surface area contributed by atoms with E-state index in [0.29, 0.717) is 19.4 Å². The molecule has 1 aromatic rings. The minimum Gasteiger partial charge on any atom is -0.450 e. The zero-order valence-corrected chi connectivity index (χ0v) is 13.1. The van der Waals surface area contributed by atoms with Crippen molar-refractivity contribution in [2.45, 2.75) is 19.0 Å². The third-order valence-corrected chi connectivity index (χ3v) is 4.03. The molecule has 1 aromatic heterocycles. The first-order chi connectivity index (χ1) is 11.8. The lowest BCUT2D eigenvalue weighted by Crippen LogP contribution is -2.37. The van der Waals surface area contributed by atoms with E-state index >= 15 is 0 Å². The van der Waals surface area contributed by atoms with Crippen LogP contribution < -0.4 is 4.74 Å². The molecule has 0 spiro atoms. The Morgan fingerprint density at radius 1 is 1.24 bits per heavy atom. The Bertz CT molecular complexity index is 712. The molecule has 0 saturated carbocycles. The Kier molecular flexibility index (Phi) is 4.76. The number of carbonyl (C=O) groups excluding carboxylic acids is 2. The quantitative estimate of drug-likeness (QED) is 0.774. The first-order valence-electron chi connectivity index (χ1n) is 7.70. The molecule has 0 aromatic carbocycles. The summed E-state index contributed by atoms with van der Waals surface area (Å²) in [5.41, 5.74) is -0.999. The minimum atomic E-state index is -4.58. The second kappa shape index (κ2) is 6.83. The molecule has 6 nitrogen and oxygen atoms in total. The number of carbonyl (C=O) groups is 2. The van der Waals surface area contributed by atoms with Gasteiger partial charge in [0.25, 0.3) is 11.8 Å². The van der Waals surface area contributed by atoms with Crippen molar-refractivity contribution < 1.29 is 32.2 Å². The molecule has 2 amide bonds. The van der Waals surface area contributed by atoms with Crippen molar-refractivity contribution in [3.63, 3.8) is 0 Å². The van der Waals surface area contributed by atoms with Crippen molar-refractivity contribution in [1.82, 2.24) is 9.88 Å². The van der Waals surface area contributed by atoms with Gasteiger partial charge in [-0.15, -0.1) is 0 Å². The van der Waals surface area contributed by atoms with Gasteiger partial charge in [0.1, 0.15) is 5.75 Å². The lowest BCUT2D eigenvalue weighted by atomic mass is 10.00. The van der Waals surface area contributed by atoms with Crippen LogP contribution in [0.3, 0.4) is 0 Å². The van der Waals surface area contributed by atoms with E-state index in [1.807, 2.05) is 0 Å². The fraction of sp³-hybridized carbons (Fsp3) is 0.438. The summed E-state index contributed by atoms with van der Waals surface area (Å²) in [5, 5.41) is 0. The largest absolute Gasteiger partial charge is 0.450 e. The number of amides is 2. The molecular weight excluding hydrogens is 341 g/mol. The first-order valence-corrected chi connectivity index (χ1v) is 7.70. The minimum absolute atomic E-state index is 0.143. The lowest BCUT2D eigenvalue weighted by molar-refractivity contribution is -0.139. The molecule has 0 aliphatic carbocycles. The molecule has 1 fully saturated rings. The molecular formula is C16H15F3N2O4. The highest BCUT2D eigenvalue weighted by atomic mass is 19.4. The second-order valence-electron chi connectivity index (χ2n) is 5.83. The number of rotatable bonds is 4. The molecule has 134 valence electrons. The number of hydrogen-bond acceptors (Lipinski definition) is 5. The number of pyridine rings is 1. The normalized spacial score (nSPS) is 19.3. The third kappa shape index (κ3) is 3.98. The maximum Gasteiger partial charge on any atom is 0.418 e. The highest BCUT2D eigenvalue weighted by molar-refractivity contribution is 6.15. The van der Waals surface area contributed by atoms with Gasteiger partial charge in [0.15, 0.2) is 5.76 Å². The maximum absolute atomic E-state index is 12.7. The number of halogens is 3. The molecule has 1 saturated heterocycles. The number of nitrogens with zero attached hydrogens (tertiary/aromatic N) is 2. The molecule has 0 radical (unpaired) electrons. The fourth-order valence-corrected chi connectivity index (χ4v) is 2.67. The van der Waals surface area contributed by atoms with Crippen LogP contribution in [0.2, 0.25) is 0 Å². The van der Waals surface area contributed by atoms with Gasteiger partial charge >= 0.3 is 6.18 Å². The van der Waals surface area contributed by atoms with Gasteiger partial charge in [0, 0.05) is 26.0 Å². The third-order valence-electron chi connectivity index (χ3n) is 4.03. The summed E-state index contributed by atoms with van der Waals surface area (Å²) in [6.07, 6.45) is -0.405. The van der Waals surface area contributed by atoms with Crippen LogP contribution in [0.5, 0.6) is 5.75 Å². The monoisotopic (exact) mass is 356 g/mol. The second-order valence-corrected chi connectivity index (χ2v) is 5.83. The molecule has 2 aliphatic heterocycles. The van der Waals surface area contributed by atoms with Crippen LogP contribution >= 0.6 is 0 Å². The summed E-state index contributed by atoms with van der Waals surface area (Å²) in [4.78, 5) is 28.8. The summed E-state index contributed by atoms with van der Waals surface area (Å²) < 4.78 is 48.5. The highest BCUT2D eigenvalue weighted by Crippen LogP contribution is 2.31. The van der Waals surface area contributed by atoms with Gasteiger partial charge in [0.2, 0.25) is 0 Å². The summed E-state index contributed by atoms with van der Waals surface area (Å²) in [6, 6.07) is 0.729. The molecule has 3 rings (SSSR count). The molecule has 25 heavy (non-hydrogen) atoms. The smallest absolute Gasteiger partial charge is 0.418 e. The van der Waals surface area contributed by atoms with Gasteiger partial charge in [-0.25, -0.2) is 0 Å². The van der Waals surface area contributed by atoms with Crippen molar-refractivity contribution in [1.29, 1.82) is 0 Å². The van der Waals surface area contributed by atoms with Crippen molar-refractivity contribution >= 4 is 11.8 Å². The van der Waals surface area contributed by atoms with Gasteiger partial charge < -0.3 is 9.47 Å². The van der Waals surface area contributed by atoms with E-state index in [0.717, 1.165) is 36.1 Å². The van der Waals surface area contributed by atoms with Crippen LogP contribution in [-0.2, 0) is 20.5 Å². The Morgan fingerprint density at radius 3 is 2.64 bits per heavy atom. The molecule has 9 heteroatoms. The van der Waals surface area contributed by atoms with Gasteiger partial charge in [-0.3, -0.25) is 19.5 Å². The van der Waals surface area contributed by atoms with E-state index in [2.05, 4.69) is 4.98 Å². The Labute approximate surface area is 141 Å². The van der Waals surface area contributed by atoms with Gasteiger partial charge in [-0.1, -0.05) is 0 Å². The molecule has 0 bridgehead atoms. The standard InChI is InChI=1S/C16H15F3N2O4/c17-16(18,19)11-5-12(8-20-7-11)25-13-6-14(22)21(15(13)23)9-10-1-3-24-4-2-10/h5-8,10H,1-4,9H2. The number of imide groups is 1. The number of ether oxygens (including phenoxy) is 2. The fourth-order valence-electron chi connectivity index (χ4n) is 2.67. The molecule has 0 atom stereocenters. The van der Waals surface area contributed by atoms with Crippen LogP contribution in [0.15, 0.2) is 30.3 Å². The highest BCUT2D eigenvalue weighted by Gasteiger charge is 2.36. The van der Waals surface area contributed by atoms with Gasteiger partial charge in [-0.05, 0) is 24.8 Å². The topological polar surface area (TPSA) is 68.7 Å². The van der Waals surface area contributed by atoms with Crippen molar-refractivity contribution in [3.8, 4) is 5.75 Å².